The smallest absolute Gasteiger partial charge is 0.338 e. The third kappa shape index (κ3) is 5.51. The van der Waals surface area contributed by atoms with Gasteiger partial charge in [-0.25, -0.2) is 9.69 Å². The number of carbonyl (C=O) groups is 4. The van der Waals surface area contributed by atoms with Gasteiger partial charge in [0.1, 0.15) is 11.8 Å². The molecule has 3 aliphatic rings. The van der Waals surface area contributed by atoms with Crippen molar-refractivity contribution in [3.8, 4) is 11.5 Å². The molecule has 0 bridgehead atoms. The minimum absolute atomic E-state index is 0.186. The predicted molar refractivity (Wildman–Crippen MR) is 165 cm³/mol. The SMILES string of the molecule is CCOC(=O)c1ccc(N2C(=O)C3Sc4c(sc(=O)n4CC(=O)N4CCOCC4)C(c4ccc(OC)c(OC)c4)C3C2=O)cc1. The van der Waals surface area contributed by atoms with E-state index in [-0.39, 0.29) is 23.9 Å². The number of thioether (sulfide) groups is 1. The number of anilines is 1. The van der Waals surface area contributed by atoms with Gasteiger partial charge in [-0.15, -0.1) is 0 Å². The fraction of sp³-hybridized carbons (Fsp3) is 0.387. The first-order chi connectivity index (χ1) is 21.8. The summed E-state index contributed by atoms with van der Waals surface area (Å²) in [6.07, 6.45) is 0. The van der Waals surface area contributed by atoms with Crippen LogP contribution in [0.2, 0.25) is 0 Å². The van der Waals surface area contributed by atoms with Crippen LogP contribution < -0.4 is 19.2 Å². The summed E-state index contributed by atoms with van der Waals surface area (Å²) in [5, 5.41) is -0.375. The molecule has 2 aromatic carbocycles. The normalized spacial score (nSPS) is 20.9. The maximum absolute atomic E-state index is 14.2. The second kappa shape index (κ2) is 12.7. The second-order valence-corrected chi connectivity index (χ2v) is 12.7. The number of esters is 1. The molecule has 1 aromatic heterocycles. The van der Waals surface area contributed by atoms with Crippen LogP contribution in [-0.4, -0.2) is 85.5 Å². The van der Waals surface area contributed by atoms with Crippen LogP contribution in [0.3, 0.4) is 0 Å². The van der Waals surface area contributed by atoms with Crippen molar-refractivity contribution in [2.45, 2.75) is 29.7 Å². The van der Waals surface area contributed by atoms with E-state index in [0.29, 0.717) is 64.5 Å². The lowest BCUT2D eigenvalue weighted by Gasteiger charge is -2.31. The van der Waals surface area contributed by atoms with E-state index in [1.807, 2.05) is 0 Å². The summed E-state index contributed by atoms with van der Waals surface area (Å²) in [6, 6.07) is 11.4. The van der Waals surface area contributed by atoms with Gasteiger partial charge >= 0.3 is 10.8 Å². The standard InChI is InChI=1S/C31H31N3O9S2/c1-4-43-30(38)17-5-8-19(9-6-17)34-27(36)24-23(18-7-10-20(40-2)21(15-18)41-3)26-29(44-25(24)28(34)37)33(31(39)45-26)16-22(35)32-11-13-42-14-12-32/h5-10,15,23-25H,4,11-14,16H2,1-3H3. The molecule has 0 N–H and O–H groups in total. The van der Waals surface area contributed by atoms with E-state index in [9.17, 15) is 24.0 Å². The maximum atomic E-state index is 14.2. The fourth-order valence-corrected chi connectivity index (χ4v) is 8.70. The Hall–Kier alpha value is -4.14. The number of nitrogens with zero attached hydrogens (tertiary/aromatic N) is 3. The Morgan fingerprint density at radius 3 is 2.33 bits per heavy atom. The number of carbonyl (C=O) groups excluding carboxylic acids is 4. The van der Waals surface area contributed by atoms with E-state index < -0.39 is 34.9 Å². The zero-order valence-corrected chi connectivity index (χ0v) is 26.5. The van der Waals surface area contributed by atoms with Crippen LogP contribution in [0.15, 0.2) is 52.3 Å². The summed E-state index contributed by atoms with van der Waals surface area (Å²) in [5.74, 6) is -2.20. The molecule has 3 aliphatic heterocycles. The molecule has 45 heavy (non-hydrogen) atoms. The first-order valence-corrected chi connectivity index (χ1v) is 16.1. The van der Waals surface area contributed by atoms with E-state index in [0.717, 1.165) is 28.0 Å². The first-order valence-electron chi connectivity index (χ1n) is 14.4. The Balaban J connectivity index is 1.42. The quantitative estimate of drug-likeness (QED) is 0.264. The van der Waals surface area contributed by atoms with Crippen molar-refractivity contribution in [3.63, 3.8) is 0 Å². The van der Waals surface area contributed by atoms with Crippen molar-refractivity contribution in [1.29, 1.82) is 0 Å². The van der Waals surface area contributed by atoms with Crippen LogP contribution in [0.1, 0.15) is 33.6 Å². The molecule has 4 heterocycles. The Morgan fingerprint density at radius 1 is 0.956 bits per heavy atom. The zero-order chi connectivity index (χ0) is 31.8. The van der Waals surface area contributed by atoms with Crippen LogP contribution in [0.25, 0.3) is 0 Å². The summed E-state index contributed by atoms with van der Waals surface area (Å²) >= 11 is 2.12. The lowest BCUT2D eigenvalue weighted by Crippen LogP contribution is -2.43. The summed E-state index contributed by atoms with van der Waals surface area (Å²) < 4.78 is 22.8. The number of aromatic nitrogens is 1. The van der Waals surface area contributed by atoms with Crippen LogP contribution in [0.4, 0.5) is 5.69 Å². The lowest BCUT2D eigenvalue weighted by molar-refractivity contribution is -0.136. The van der Waals surface area contributed by atoms with Gasteiger partial charge in [-0.3, -0.25) is 23.7 Å². The monoisotopic (exact) mass is 653 g/mol. The van der Waals surface area contributed by atoms with Gasteiger partial charge in [-0.2, -0.15) is 0 Å². The Bertz CT molecular complexity index is 1710. The van der Waals surface area contributed by atoms with E-state index in [2.05, 4.69) is 0 Å². The van der Waals surface area contributed by atoms with E-state index in [1.54, 1.807) is 42.2 Å². The van der Waals surface area contributed by atoms with Crippen molar-refractivity contribution in [1.82, 2.24) is 9.47 Å². The highest BCUT2D eigenvalue weighted by Gasteiger charge is 2.57. The van der Waals surface area contributed by atoms with Gasteiger partial charge in [0.15, 0.2) is 11.5 Å². The number of imide groups is 1. The third-order valence-electron chi connectivity index (χ3n) is 8.11. The number of hydrogen-bond donors (Lipinski definition) is 0. The second-order valence-electron chi connectivity index (χ2n) is 10.6. The highest BCUT2D eigenvalue weighted by molar-refractivity contribution is 8.00. The molecule has 12 nitrogen and oxygen atoms in total. The molecule has 3 aromatic rings. The van der Waals surface area contributed by atoms with Crippen molar-refractivity contribution in [2.75, 3.05) is 52.0 Å². The summed E-state index contributed by atoms with van der Waals surface area (Å²) in [5.41, 5.74) is 1.28. The molecule has 0 saturated carbocycles. The Kier molecular flexibility index (Phi) is 8.71. The Labute approximate surface area is 266 Å². The van der Waals surface area contributed by atoms with Gasteiger partial charge in [0.2, 0.25) is 17.7 Å². The molecular weight excluding hydrogens is 622 g/mol. The van der Waals surface area contributed by atoms with Crippen molar-refractivity contribution in [3.05, 3.63) is 68.1 Å². The maximum Gasteiger partial charge on any atom is 0.338 e. The summed E-state index contributed by atoms with van der Waals surface area (Å²) in [4.78, 5) is 70.2. The van der Waals surface area contributed by atoms with Gasteiger partial charge in [0, 0.05) is 23.9 Å². The number of morpholine rings is 1. The zero-order valence-electron chi connectivity index (χ0n) is 24.8. The van der Waals surface area contributed by atoms with Gasteiger partial charge in [0.25, 0.3) is 0 Å². The molecular formula is C31H31N3O9S2. The van der Waals surface area contributed by atoms with Crippen LogP contribution >= 0.6 is 23.1 Å². The number of amides is 3. The molecule has 3 unspecified atom stereocenters. The van der Waals surface area contributed by atoms with E-state index in [1.165, 1.54) is 30.9 Å². The number of methoxy groups -OCH3 is 2. The largest absolute Gasteiger partial charge is 0.493 e. The van der Waals surface area contributed by atoms with Gasteiger partial charge in [-0.1, -0.05) is 29.2 Å². The number of hydrogen-bond acceptors (Lipinski definition) is 11. The third-order valence-corrected chi connectivity index (χ3v) is 10.7. The number of benzene rings is 2. The molecule has 0 radical (unpaired) electrons. The highest BCUT2D eigenvalue weighted by atomic mass is 32.2. The number of fused-ring (bicyclic) bond motifs is 2. The van der Waals surface area contributed by atoms with E-state index >= 15 is 0 Å². The minimum atomic E-state index is -0.869. The average Bonchev–Trinajstić information content (AvgIpc) is 3.51. The fourth-order valence-electron chi connectivity index (χ4n) is 5.92. The predicted octanol–water partition coefficient (Wildman–Crippen LogP) is 2.76. The Morgan fingerprint density at radius 2 is 1.67 bits per heavy atom. The number of ether oxygens (including phenoxy) is 4. The summed E-state index contributed by atoms with van der Waals surface area (Å²) in [7, 11) is 3.02. The molecule has 3 atom stereocenters. The van der Waals surface area contributed by atoms with Crippen molar-refractivity contribution in [2.24, 2.45) is 5.92 Å². The van der Waals surface area contributed by atoms with Crippen LogP contribution in [0, 0.1) is 5.92 Å². The van der Waals surface area contributed by atoms with Crippen molar-refractivity contribution < 1.29 is 38.1 Å². The molecule has 236 valence electrons. The van der Waals surface area contributed by atoms with Gasteiger partial charge in [0.05, 0.1) is 56.2 Å². The molecule has 0 aliphatic carbocycles. The lowest BCUT2D eigenvalue weighted by atomic mass is 9.83. The molecule has 3 amide bonds. The average molecular weight is 654 g/mol. The molecule has 0 spiro atoms. The highest BCUT2D eigenvalue weighted by Crippen LogP contribution is 2.54. The number of thiazole rings is 1. The number of rotatable bonds is 8. The minimum Gasteiger partial charge on any atom is -0.493 e. The first kappa shape index (κ1) is 30.9. The van der Waals surface area contributed by atoms with Crippen LogP contribution in [0.5, 0.6) is 11.5 Å². The molecule has 2 saturated heterocycles. The van der Waals surface area contributed by atoms with Crippen LogP contribution in [-0.2, 0) is 30.4 Å². The molecule has 2 fully saturated rings. The van der Waals surface area contributed by atoms with Gasteiger partial charge in [-0.05, 0) is 48.9 Å². The topological polar surface area (TPSA) is 134 Å². The molecule has 14 heteroatoms. The van der Waals surface area contributed by atoms with Crippen molar-refractivity contribution >= 4 is 52.5 Å². The van der Waals surface area contributed by atoms with Gasteiger partial charge < -0.3 is 23.8 Å². The summed E-state index contributed by atoms with van der Waals surface area (Å²) in [6.45, 7) is 3.46. The molecule has 6 rings (SSSR count). The van der Waals surface area contributed by atoms with E-state index in [4.69, 9.17) is 18.9 Å².